The van der Waals surface area contributed by atoms with Gasteiger partial charge in [0, 0.05) is 26.5 Å². The summed E-state index contributed by atoms with van der Waals surface area (Å²) in [6.07, 6.45) is 23.2. The molecule has 0 radical (unpaired) electrons. The van der Waals surface area contributed by atoms with E-state index in [1.54, 1.807) is 21.3 Å². The molecule has 194 valence electrons. The van der Waals surface area contributed by atoms with Crippen molar-refractivity contribution in [2.24, 2.45) is 23.7 Å². The lowest BCUT2D eigenvalue weighted by molar-refractivity contribution is 0.140. The Bertz CT molecular complexity index is 648. The number of hydrogen-bond acceptors (Lipinski definition) is 3. The summed E-state index contributed by atoms with van der Waals surface area (Å²) in [6.45, 7) is 2.31. The molecule has 0 aromatic heterocycles. The number of benzene rings is 1. The maximum absolute atomic E-state index is 5.61. The van der Waals surface area contributed by atoms with Crippen LogP contribution in [0.1, 0.15) is 109 Å². The number of aryl methyl sites for hydroxylation is 1. The molecule has 3 rings (SSSR count). The van der Waals surface area contributed by atoms with E-state index in [0.717, 1.165) is 28.9 Å². The zero-order valence-electron chi connectivity index (χ0n) is 22.7. The van der Waals surface area contributed by atoms with Crippen molar-refractivity contribution in [3.63, 3.8) is 0 Å². The summed E-state index contributed by atoms with van der Waals surface area (Å²) in [5.74, 6) is 4.03. The third-order valence-electron chi connectivity index (χ3n) is 9.12. The van der Waals surface area contributed by atoms with E-state index in [9.17, 15) is 0 Å². The molecular formula is C30H52O3Si. The van der Waals surface area contributed by atoms with Crippen LogP contribution < -0.4 is 5.19 Å². The van der Waals surface area contributed by atoms with Crippen molar-refractivity contribution in [2.45, 2.75) is 110 Å². The van der Waals surface area contributed by atoms with E-state index in [2.05, 4.69) is 31.2 Å². The van der Waals surface area contributed by atoms with Gasteiger partial charge in [0.15, 0.2) is 0 Å². The Morgan fingerprint density at radius 3 is 1.65 bits per heavy atom. The molecule has 0 saturated heterocycles. The van der Waals surface area contributed by atoms with E-state index in [-0.39, 0.29) is 0 Å². The highest BCUT2D eigenvalue weighted by Crippen LogP contribution is 2.43. The van der Waals surface area contributed by atoms with Crippen LogP contribution in [0.2, 0.25) is 0 Å². The monoisotopic (exact) mass is 488 g/mol. The van der Waals surface area contributed by atoms with E-state index in [1.807, 2.05) is 0 Å². The van der Waals surface area contributed by atoms with Crippen LogP contribution in [0.5, 0.6) is 0 Å². The molecule has 2 aliphatic carbocycles. The Morgan fingerprint density at radius 1 is 0.647 bits per heavy atom. The van der Waals surface area contributed by atoms with E-state index >= 15 is 0 Å². The average Bonchev–Trinajstić information content (AvgIpc) is 2.90. The van der Waals surface area contributed by atoms with E-state index < -0.39 is 8.80 Å². The Labute approximate surface area is 211 Å². The summed E-state index contributed by atoms with van der Waals surface area (Å²) in [4.78, 5) is 0. The maximum Gasteiger partial charge on any atom is 0.536 e. The fraction of sp³-hybridized carbons (Fsp3) is 0.800. The average molecular weight is 489 g/mol. The van der Waals surface area contributed by atoms with Gasteiger partial charge >= 0.3 is 8.80 Å². The number of hydrogen-bond donors (Lipinski definition) is 0. The molecule has 0 N–H and O–H groups in total. The molecular weight excluding hydrogens is 436 g/mol. The molecule has 4 heteroatoms. The highest BCUT2D eigenvalue weighted by molar-refractivity contribution is 6.75. The minimum Gasteiger partial charge on any atom is -0.373 e. The van der Waals surface area contributed by atoms with Crippen molar-refractivity contribution in [1.29, 1.82) is 0 Å². The van der Waals surface area contributed by atoms with Crippen LogP contribution >= 0.6 is 0 Å². The van der Waals surface area contributed by atoms with Crippen molar-refractivity contribution < 1.29 is 13.3 Å². The van der Waals surface area contributed by atoms with Crippen molar-refractivity contribution in [1.82, 2.24) is 0 Å². The Balaban J connectivity index is 1.33. The van der Waals surface area contributed by atoms with Gasteiger partial charge < -0.3 is 13.3 Å². The molecule has 0 heterocycles. The second kappa shape index (κ2) is 14.8. The lowest BCUT2D eigenvalue weighted by Gasteiger charge is -2.38. The van der Waals surface area contributed by atoms with Crippen LogP contribution in [0.4, 0.5) is 0 Å². The molecule has 1 aromatic rings. The van der Waals surface area contributed by atoms with Crippen LogP contribution in [-0.2, 0) is 19.7 Å². The van der Waals surface area contributed by atoms with Gasteiger partial charge in [0.25, 0.3) is 0 Å². The van der Waals surface area contributed by atoms with Crippen LogP contribution in [0.25, 0.3) is 0 Å². The standard InChI is InChI=1S/C30H52O3Si/c1-5-6-7-8-9-10-25-13-19-28(20-14-25)29-21-15-26(16-22-29)11-12-27-17-23-30(24-18-27)34(31-2,32-3)33-4/h17-18,23-26,28-29H,5-16,19-22H2,1-4H3. The molecule has 2 saturated carbocycles. The molecule has 0 spiro atoms. The SMILES string of the molecule is CCCCCCCC1CCC(C2CCC(CCc3ccc([Si](OC)(OC)OC)cc3)CC2)CC1. The van der Waals surface area contributed by atoms with E-state index in [4.69, 9.17) is 13.3 Å². The maximum atomic E-state index is 5.61. The summed E-state index contributed by atoms with van der Waals surface area (Å²) in [5.41, 5.74) is 1.42. The van der Waals surface area contributed by atoms with Gasteiger partial charge in [0.2, 0.25) is 0 Å². The van der Waals surface area contributed by atoms with E-state index in [1.165, 1.54) is 108 Å². The third-order valence-corrected chi connectivity index (χ3v) is 11.8. The minimum atomic E-state index is -2.71. The van der Waals surface area contributed by atoms with Crippen LogP contribution in [0, 0.1) is 23.7 Å². The zero-order valence-corrected chi connectivity index (χ0v) is 23.7. The normalized spacial score (nSPS) is 26.0. The fourth-order valence-electron chi connectivity index (χ4n) is 6.78. The first-order valence-corrected chi connectivity index (χ1v) is 16.1. The number of rotatable bonds is 14. The van der Waals surface area contributed by atoms with Gasteiger partial charge in [-0.25, -0.2) is 0 Å². The Kier molecular flexibility index (Phi) is 12.1. The molecule has 1 aromatic carbocycles. The highest BCUT2D eigenvalue weighted by atomic mass is 28.4. The largest absolute Gasteiger partial charge is 0.536 e. The smallest absolute Gasteiger partial charge is 0.373 e. The molecule has 0 unspecified atom stereocenters. The first-order chi connectivity index (χ1) is 16.6. The molecule has 2 fully saturated rings. The van der Waals surface area contributed by atoms with Crippen molar-refractivity contribution in [3.05, 3.63) is 29.8 Å². The summed E-state index contributed by atoms with van der Waals surface area (Å²) >= 11 is 0. The lowest BCUT2D eigenvalue weighted by atomic mass is 9.68. The van der Waals surface area contributed by atoms with Crippen LogP contribution in [0.15, 0.2) is 24.3 Å². The predicted octanol–water partition coefficient (Wildman–Crippen LogP) is 7.68. The molecule has 0 bridgehead atoms. The quantitative estimate of drug-likeness (QED) is 0.198. The van der Waals surface area contributed by atoms with Crippen LogP contribution in [-0.4, -0.2) is 30.1 Å². The summed E-state index contributed by atoms with van der Waals surface area (Å²) < 4.78 is 16.8. The first kappa shape index (κ1) is 27.9. The molecule has 0 amide bonds. The van der Waals surface area contributed by atoms with Gasteiger partial charge in [-0.3, -0.25) is 0 Å². The molecule has 0 atom stereocenters. The minimum absolute atomic E-state index is 0.917. The predicted molar refractivity (Wildman–Crippen MR) is 145 cm³/mol. The second-order valence-electron chi connectivity index (χ2n) is 11.2. The summed E-state index contributed by atoms with van der Waals surface area (Å²) in [6, 6.07) is 8.75. The van der Waals surface area contributed by atoms with Crippen LogP contribution in [0.3, 0.4) is 0 Å². The van der Waals surface area contributed by atoms with E-state index in [0.29, 0.717) is 0 Å². The lowest BCUT2D eigenvalue weighted by Crippen LogP contribution is -2.54. The molecule has 34 heavy (non-hydrogen) atoms. The summed E-state index contributed by atoms with van der Waals surface area (Å²) in [5, 5.41) is 1.04. The van der Waals surface area contributed by atoms with Gasteiger partial charge in [-0.15, -0.1) is 0 Å². The van der Waals surface area contributed by atoms with Gasteiger partial charge in [0.1, 0.15) is 0 Å². The van der Waals surface area contributed by atoms with Crippen molar-refractivity contribution in [2.75, 3.05) is 21.3 Å². The molecule has 2 aliphatic rings. The van der Waals surface area contributed by atoms with Gasteiger partial charge in [-0.05, 0) is 67.8 Å². The third kappa shape index (κ3) is 7.91. The number of unbranched alkanes of at least 4 members (excludes halogenated alkanes) is 4. The van der Waals surface area contributed by atoms with Gasteiger partial charge in [-0.2, -0.15) is 0 Å². The Hall–Kier alpha value is -0.683. The Morgan fingerprint density at radius 2 is 1.15 bits per heavy atom. The fourth-order valence-corrected chi connectivity index (χ4v) is 8.57. The topological polar surface area (TPSA) is 27.7 Å². The highest BCUT2D eigenvalue weighted by Gasteiger charge is 2.40. The second-order valence-corrected chi connectivity index (χ2v) is 14.1. The van der Waals surface area contributed by atoms with Gasteiger partial charge in [0.05, 0.1) is 0 Å². The first-order valence-electron chi connectivity index (χ1n) is 14.4. The van der Waals surface area contributed by atoms with Crippen molar-refractivity contribution >= 4 is 14.0 Å². The van der Waals surface area contributed by atoms with Crippen molar-refractivity contribution in [3.8, 4) is 0 Å². The summed E-state index contributed by atoms with van der Waals surface area (Å²) in [7, 11) is 2.30. The zero-order chi connectivity index (χ0) is 24.2. The van der Waals surface area contributed by atoms with Gasteiger partial charge in [-0.1, -0.05) is 95.4 Å². The molecule has 3 nitrogen and oxygen atoms in total. The molecule has 0 aliphatic heterocycles.